The van der Waals surface area contributed by atoms with E-state index >= 15 is 0 Å². The van der Waals surface area contributed by atoms with Crippen molar-refractivity contribution in [3.8, 4) is 0 Å². The highest BCUT2D eigenvalue weighted by Gasteiger charge is 2.41. The van der Waals surface area contributed by atoms with E-state index in [9.17, 15) is 0 Å². The fourth-order valence-corrected chi connectivity index (χ4v) is 2.90. The second-order valence-electron chi connectivity index (χ2n) is 4.16. The van der Waals surface area contributed by atoms with Crippen LogP contribution in [0.5, 0.6) is 0 Å². The van der Waals surface area contributed by atoms with Crippen LogP contribution in [-0.4, -0.2) is 15.4 Å². The van der Waals surface area contributed by atoms with Crippen LogP contribution in [0.1, 0.15) is 25.7 Å². The molecule has 0 radical (unpaired) electrons. The van der Waals surface area contributed by atoms with E-state index < -0.39 is 0 Å². The van der Waals surface area contributed by atoms with Gasteiger partial charge in [0.1, 0.15) is 6.33 Å². The van der Waals surface area contributed by atoms with Crippen LogP contribution in [0.15, 0.2) is 6.33 Å². The van der Waals surface area contributed by atoms with Gasteiger partial charge in [0.2, 0.25) is 5.13 Å². The van der Waals surface area contributed by atoms with Crippen LogP contribution < -0.4 is 5.32 Å². The van der Waals surface area contributed by atoms with Gasteiger partial charge in [-0.15, -0.1) is 0 Å². The molecule has 3 unspecified atom stereocenters. The van der Waals surface area contributed by atoms with Gasteiger partial charge in [-0.05, 0) is 37.5 Å². The number of hydrogen-bond acceptors (Lipinski definition) is 4. The maximum atomic E-state index is 4.15. The van der Waals surface area contributed by atoms with Gasteiger partial charge in [-0.3, -0.25) is 0 Å². The van der Waals surface area contributed by atoms with Gasteiger partial charge >= 0.3 is 0 Å². The normalized spacial score (nSPS) is 36.8. The zero-order chi connectivity index (χ0) is 8.67. The Morgan fingerprint density at radius 2 is 2.31 bits per heavy atom. The summed E-state index contributed by atoms with van der Waals surface area (Å²) < 4.78 is 3.99. The molecule has 0 bridgehead atoms. The molecule has 0 aromatic carbocycles. The number of rotatable bonds is 2. The molecule has 0 saturated heterocycles. The van der Waals surface area contributed by atoms with Gasteiger partial charge in [0.15, 0.2) is 0 Å². The van der Waals surface area contributed by atoms with Crippen molar-refractivity contribution in [2.75, 3.05) is 5.32 Å². The molecule has 1 aromatic rings. The maximum Gasteiger partial charge on any atom is 0.202 e. The highest BCUT2D eigenvalue weighted by Crippen LogP contribution is 2.49. The number of nitrogens with one attached hydrogen (secondary N) is 1. The summed E-state index contributed by atoms with van der Waals surface area (Å²) in [4.78, 5) is 4.15. The molecule has 2 aliphatic carbocycles. The SMILES string of the molecule is c1nsc(NC2CCC3CC3C2)n1. The molecule has 0 spiro atoms. The van der Waals surface area contributed by atoms with Gasteiger partial charge in [-0.1, -0.05) is 0 Å². The molecular weight excluding hydrogens is 182 g/mol. The van der Waals surface area contributed by atoms with Crippen molar-refractivity contribution < 1.29 is 0 Å². The summed E-state index contributed by atoms with van der Waals surface area (Å²) in [7, 11) is 0. The van der Waals surface area contributed by atoms with E-state index in [2.05, 4.69) is 14.7 Å². The molecule has 3 rings (SSSR count). The van der Waals surface area contributed by atoms with Gasteiger partial charge in [0, 0.05) is 17.6 Å². The van der Waals surface area contributed by atoms with Gasteiger partial charge in [0.05, 0.1) is 0 Å². The monoisotopic (exact) mass is 195 g/mol. The van der Waals surface area contributed by atoms with E-state index in [4.69, 9.17) is 0 Å². The van der Waals surface area contributed by atoms with Gasteiger partial charge < -0.3 is 5.32 Å². The lowest BCUT2D eigenvalue weighted by Crippen LogP contribution is -2.23. The lowest BCUT2D eigenvalue weighted by atomic mass is 9.96. The van der Waals surface area contributed by atoms with Crippen molar-refractivity contribution in [2.45, 2.75) is 31.7 Å². The van der Waals surface area contributed by atoms with Crippen molar-refractivity contribution in [2.24, 2.45) is 11.8 Å². The smallest absolute Gasteiger partial charge is 0.202 e. The average Bonchev–Trinajstić information content (AvgIpc) is 2.73. The summed E-state index contributed by atoms with van der Waals surface area (Å²) in [5.74, 6) is 2.10. The third kappa shape index (κ3) is 1.55. The second kappa shape index (κ2) is 2.94. The van der Waals surface area contributed by atoms with Crippen molar-refractivity contribution in [1.29, 1.82) is 0 Å². The molecule has 3 atom stereocenters. The third-order valence-corrected chi connectivity index (χ3v) is 3.83. The van der Waals surface area contributed by atoms with Crippen LogP contribution >= 0.6 is 11.5 Å². The highest BCUT2D eigenvalue weighted by atomic mass is 32.1. The van der Waals surface area contributed by atoms with Crippen molar-refractivity contribution in [1.82, 2.24) is 9.36 Å². The number of aromatic nitrogens is 2. The minimum absolute atomic E-state index is 0.664. The molecule has 0 aliphatic heterocycles. The molecule has 0 amide bonds. The maximum absolute atomic E-state index is 4.15. The Balaban J connectivity index is 1.60. The predicted molar refractivity (Wildman–Crippen MR) is 52.8 cm³/mol. The first kappa shape index (κ1) is 7.74. The van der Waals surface area contributed by atoms with Crippen molar-refractivity contribution in [3.63, 3.8) is 0 Å². The van der Waals surface area contributed by atoms with E-state index in [0.29, 0.717) is 6.04 Å². The first-order valence-electron chi connectivity index (χ1n) is 4.95. The van der Waals surface area contributed by atoms with E-state index in [0.717, 1.165) is 17.0 Å². The summed E-state index contributed by atoms with van der Waals surface area (Å²) >= 11 is 1.46. The van der Waals surface area contributed by atoms with Crippen molar-refractivity contribution >= 4 is 16.7 Å². The zero-order valence-corrected chi connectivity index (χ0v) is 8.26. The molecule has 2 aliphatic rings. The molecule has 1 N–H and O–H groups in total. The number of hydrogen-bond donors (Lipinski definition) is 1. The molecule has 1 heterocycles. The molecule has 2 fully saturated rings. The largest absolute Gasteiger partial charge is 0.358 e. The van der Waals surface area contributed by atoms with Crippen LogP contribution in [0.3, 0.4) is 0 Å². The van der Waals surface area contributed by atoms with E-state index in [-0.39, 0.29) is 0 Å². The molecule has 1 aromatic heterocycles. The van der Waals surface area contributed by atoms with Crippen LogP contribution in [0.2, 0.25) is 0 Å². The fourth-order valence-electron chi connectivity index (χ4n) is 2.39. The Morgan fingerprint density at radius 1 is 1.31 bits per heavy atom. The third-order valence-electron chi connectivity index (χ3n) is 3.23. The Bertz CT molecular complexity index is 285. The van der Waals surface area contributed by atoms with E-state index in [1.165, 1.54) is 37.2 Å². The summed E-state index contributed by atoms with van der Waals surface area (Å²) in [5, 5.41) is 4.45. The molecule has 4 heteroatoms. The van der Waals surface area contributed by atoms with Crippen LogP contribution in [0, 0.1) is 11.8 Å². The topological polar surface area (TPSA) is 37.8 Å². The van der Waals surface area contributed by atoms with Crippen molar-refractivity contribution in [3.05, 3.63) is 6.33 Å². The number of nitrogens with zero attached hydrogens (tertiary/aromatic N) is 2. The minimum atomic E-state index is 0.664. The fraction of sp³-hybridized carbons (Fsp3) is 0.778. The first-order valence-corrected chi connectivity index (χ1v) is 5.72. The van der Waals surface area contributed by atoms with E-state index in [1.807, 2.05) is 0 Å². The standard InChI is InChI=1S/C9H13N3S/c1-2-8(4-7-3-6(1)7)12-9-10-5-11-13-9/h5-8H,1-4H2,(H,10,11,12). The Kier molecular flexibility index (Phi) is 1.75. The average molecular weight is 195 g/mol. The number of fused-ring (bicyclic) bond motifs is 1. The predicted octanol–water partition coefficient (Wildman–Crippen LogP) is 2.14. The summed E-state index contributed by atoms with van der Waals surface area (Å²) in [5.41, 5.74) is 0. The van der Waals surface area contributed by atoms with Gasteiger partial charge in [-0.2, -0.15) is 4.37 Å². The molecular formula is C9H13N3S. The zero-order valence-electron chi connectivity index (χ0n) is 7.44. The summed E-state index contributed by atoms with van der Waals surface area (Å²) in [6.07, 6.45) is 7.19. The quantitative estimate of drug-likeness (QED) is 0.785. The van der Waals surface area contributed by atoms with Crippen LogP contribution in [0.4, 0.5) is 5.13 Å². The number of anilines is 1. The highest BCUT2D eigenvalue weighted by molar-refractivity contribution is 7.09. The summed E-state index contributed by atoms with van der Waals surface area (Å²) in [6.45, 7) is 0. The Morgan fingerprint density at radius 3 is 3.08 bits per heavy atom. The van der Waals surface area contributed by atoms with E-state index in [1.54, 1.807) is 6.33 Å². The Hall–Kier alpha value is -0.640. The van der Waals surface area contributed by atoms with Crippen LogP contribution in [0.25, 0.3) is 0 Å². The lowest BCUT2D eigenvalue weighted by molar-refractivity contribution is 0.442. The first-order chi connectivity index (χ1) is 6.42. The molecule has 2 saturated carbocycles. The van der Waals surface area contributed by atoms with Gasteiger partial charge in [0.25, 0.3) is 0 Å². The lowest BCUT2D eigenvalue weighted by Gasteiger charge is -2.21. The summed E-state index contributed by atoms with van der Waals surface area (Å²) in [6, 6.07) is 0.664. The van der Waals surface area contributed by atoms with Crippen LogP contribution in [-0.2, 0) is 0 Å². The molecule has 13 heavy (non-hydrogen) atoms. The molecule has 70 valence electrons. The second-order valence-corrected chi connectivity index (χ2v) is 4.94. The minimum Gasteiger partial charge on any atom is -0.358 e. The van der Waals surface area contributed by atoms with Gasteiger partial charge in [-0.25, -0.2) is 4.98 Å². The molecule has 3 nitrogen and oxygen atoms in total. The Labute approximate surface area is 81.7 Å².